The number of thiazole rings is 1. The van der Waals surface area contributed by atoms with Crippen LogP contribution < -0.4 is 15.3 Å². The first-order valence-corrected chi connectivity index (χ1v) is 9.01. The van der Waals surface area contributed by atoms with Crippen LogP contribution in [0.1, 0.15) is 16.0 Å². The molecule has 0 spiro atoms. The predicted molar refractivity (Wildman–Crippen MR) is 103 cm³/mol. The minimum Gasteiger partial charge on any atom is -0.493 e. The molecule has 0 saturated heterocycles. The maximum atomic E-state index is 12.5. The fourth-order valence-electron chi connectivity index (χ4n) is 2.81. The van der Waals surface area contributed by atoms with Gasteiger partial charge in [0.1, 0.15) is 0 Å². The summed E-state index contributed by atoms with van der Waals surface area (Å²) in [6, 6.07) is 13.1. The van der Waals surface area contributed by atoms with Gasteiger partial charge in [-0.2, -0.15) is 0 Å². The first kappa shape index (κ1) is 17.0. The van der Waals surface area contributed by atoms with Crippen molar-refractivity contribution in [3.8, 4) is 11.6 Å². The summed E-state index contributed by atoms with van der Waals surface area (Å²) in [4.78, 5) is 12.8. The molecule has 0 radical (unpaired) electrons. The highest BCUT2D eigenvalue weighted by Gasteiger charge is 2.15. The predicted octanol–water partition coefficient (Wildman–Crippen LogP) is 2.95. The quantitative estimate of drug-likeness (QED) is 0.744. The molecule has 0 atom stereocenters. The van der Waals surface area contributed by atoms with Crippen LogP contribution in [0.25, 0.3) is 17.6 Å². The van der Waals surface area contributed by atoms with E-state index in [1.54, 1.807) is 6.08 Å². The average Bonchev–Trinajstić information content (AvgIpc) is 3.28. The fourth-order valence-corrected chi connectivity index (χ4v) is 3.65. The van der Waals surface area contributed by atoms with Crippen LogP contribution in [0.2, 0.25) is 0 Å². The molecule has 0 aliphatic carbocycles. The van der Waals surface area contributed by atoms with Crippen LogP contribution in [-0.4, -0.2) is 9.67 Å². The fraction of sp³-hybridized carbons (Fsp3) is 0.105. The van der Waals surface area contributed by atoms with Crippen LogP contribution >= 0.6 is 11.3 Å². The second-order valence-electron chi connectivity index (χ2n) is 6.08. The van der Waals surface area contributed by atoms with Gasteiger partial charge in [0.25, 0.3) is 0 Å². The SMILES string of the molecule is Cc1cccc(-n2c(O)c(C=c3ccc(=C4N=NN=N4)cc3)sc2=O)c1C. The van der Waals surface area contributed by atoms with Crippen LogP contribution in [-0.2, 0) is 0 Å². The first-order chi connectivity index (χ1) is 13.0. The van der Waals surface area contributed by atoms with Gasteiger partial charge in [-0.1, -0.05) is 47.7 Å². The number of benzene rings is 2. The van der Waals surface area contributed by atoms with Crippen LogP contribution in [0, 0.1) is 13.8 Å². The number of nitrogens with zero attached hydrogens (tertiary/aromatic N) is 5. The van der Waals surface area contributed by atoms with Crippen LogP contribution in [0.4, 0.5) is 0 Å². The third-order valence-corrected chi connectivity index (χ3v) is 5.29. The van der Waals surface area contributed by atoms with Gasteiger partial charge in [-0.05, 0) is 52.8 Å². The van der Waals surface area contributed by atoms with Crippen molar-refractivity contribution in [3.63, 3.8) is 0 Å². The molecular weight excluding hydrogens is 362 g/mol. The largest absolute Gasteiger partial charge is 0.493 e. The summed E-state index contributed by atoms with van der Waals surface area (Å²) in [5.41, 5.74) is 2.71. The van der Waals surface area contributed by atoms with Gasteiger partial charge in [0.2, 0.25) is 11.7 Å². The number of rotatable bonds is 2. The normalized spacial score (nSPS) is 12.7. The Morgan fingerprint density at radius 3 is 2.44 bits per heavy atom. The lowest BCUT2D eigenvalue weighted by Gasteiger charge is -2.09. The Labute approximate surface area is 158 Å². The van der Waals surface area contributed by atoms with Gasteiger partial charge in [0, 0.05) is 5.22 Å². The molecule has 1 aliphatic heterocycles. The highest BCUT2D eigenvalue weighted by atomic mass is 32.1. The maximum absolute atomic E-state index is 12.5. The van der Waals surface area contributed by atoms with Gasteiger partial charge >= 0.3 is 4.87 Å². The second kappa shape index (κ2) is 6.73. The van der Waals surface area contributed by atoms with Crippen LogP contribution in [0.3, 0.4) is 0 Å². The minimum atomic E-state index is -0.230. The van der Waals surface area contributed by atoms with E-state index in [4.69, 9.17) is 0 Å². The molecule has 0 saturated carbocycles. The zero-order valence-electron chi connectivity index (χ0n) is 14.6. The summed E-state index contributed by atoms with van der Waals surface area (Å²) in [5.74, 6) is 0.394. The molecule has 0 fully saturated rings. The average molecular weight is 377 g/mol. The number of aryl methyl sites for hydroxylation is 1. The van der Waals surface area contributed by atoms with Gasteiger partial charge in [-0.3, -0.25) is 4.79 Å². The van der Waals surface area contributed by atoms with Crippen molar-refractivity contribution in [2.24, 2.45) is 20.7 Å². The van der Waals surface area contributed by atoms with E-state index in [2.05, 4.69) is 20.7 Å². The molecular formula is C19H15N5O2S. The van der Waals surface area contributed by atoms with Crippen molar-refractivity contribution in [1.29, 1.82) is 0 Å². The maximum Gasteiger partial charge on any atom is 0.315 e. The van der Waals surface area contributed by atoms with E-state index >= 15 is 0 Å². The highest BCUT2D eigenvalue weighted by molar-refractivity contribution is 7.10. The van der Waals surface area contributed by atoms with Crippen LogP contribution in [0.15, 0.2) is 67.9 Å². The molecule has 134 valence electrons. The van der Waals surface area contributed by atoms with E-state index in [1.807, 2.05) is 56.3 Å². The number of hydrogen-bond donors (Lipinski definition) is 1. The summed E-state index contributed by atoms with van der Waals surface area (Å²) in [6.07, 6.45) is 1.77. The standard InChI is InChI=1S/C19H15N5O2S/c1-11-4-3-5-15(12(11)2)24-18(25)16(27-19(24)26)10-13-6-8-14(9-7-13)17-20-22-23-21-17/h3-10,25H,1-2H3. The Kier molecular flexibility index (Phi) is 4.25. The van der Waals surface area contributed by atoms with Gasteiger partial charge in [-0.15, -0.1) is 10.2 Å². The van der Waals surface area contributed by atoms with E-state index < -0.39 is 0 Å². The molecule has 1 aliphatic rings. The molecule has 1 N–H and O–H groups in total. The van der Waals surface area contributed by atoms with Crippen molar-refractivity contribution in [1.82, 2.24) is 4.57 Å². The molecule has 2 aromatic carbocycles. The third-order valence-electron chi connectivity index (χ3n) is 4.41. The Bertz CT molecular complexity index is 1250. The number of aromatic hydroxyl groups is 1. The monoisotopic (exact) mass is 377 g/mol. The molecule has 3 aromatic rings. The Morgan fingerprint density at radius 1 is 1.04 bits per heavy atom. The Balaban J connectivity index is 1.80. The van der Waals surface area contributed by atoms with Crippen molar-refractivity contribution >= 4 is 23.2 Å². The van der Waals surface area contributed by atoms with E-state index in [1.165, 1.54) is 4.57 Å². The smallest absolute Gasteiger partial charge is 0.315 e. The van der Waals surface area contributed by atoms with Gasteiger partial charge in [-0.25, -0.2) is 4.57 Å². The molecule has 8 heteroatoms. The van der Waals surface area contributed by atoms with E-state index in [0.29, 0.717) is 16.4 Å². The van der Waals surface area contributed by atoms with Crippen molar-refractivity contribution in [3.05, 3.63) is 78.6 Å². The van der Waals surface area contributed by atoms with Crippen molar-refractivity contribution < 1.29 is 5.11 Å². The van der Waals surface area contributed by atoms with Gasteiger partial charge in [0.05, 0.1) is 10.6 Å². The topological polar surface area (TPSA) is 91.7 Å². The van der Waals surface area contributed by atoms with Crippen LogP contribution in [0.5, 0.6) is 5.88 Å². The van der Waals surface area contributed by atoms with Gasteiger partial charge in [0.15, 0.2) is 0 Å². The summed E-state index contributed by atoms with van der Waals surface area (Å²) in [5, 5.41) is 26.8. The molecule has 0 amide bonds. The lowest BCUT2D eigenvalue weighted by atomic mass is 10.1. The first-order valence-electron chi connectivity index (χ1n) is 8.20. The summed E-state index contributed by atoms with van der Waals surface area (Å²) in [6.45, 7) is 3.91. The molecule has 2 heterocycles. The lowest BCUT2D eigenvalue weighted by Crippen LogP contribution is -2.11. The van der Waals surface area contributed by atoms with E-state index in [-0.39, 0.29) is 10.8 Å². The zero-order chi connectivity index (χ0) is 19.0. The minimum absolute atomic E-state index is 0.0597. The Morgan fingerprint density at radius 2 is 1.74 bits per heavy atom. The molecule has 4 rings (SSSR count). The summed E-state index contributed by atoms with van der Waals surface area (Å²) in [7, 11) is 0. The Hall–Kier alpha value is -3.39. The molecule has 7 nitrogen and oxygen atoms in total. The van der Waals surface area contributed by atoms with E-state index in [0.717, 1.165) is 32.9 Å². The highest BCUT2D eigenvalue weighted by Crippen LogP contribution is 2.27. The second-order valence-corrected chi connectivity index (χ2v) is 7.07. The molecule has 0 unspecified atom stereocenters. The number of hydrogen-bond acceptors (Lipinski definition) is 7. The van der Waals surface area contributed by atoms with Crippen molar-refractivity contribution in [2.45, 2.75) is 13.8 Å². The van der Waals surface area contributed by atoms with Gasteiger partial charge < -0.3 is 5.11 Å². The third kappa shape index (κ3) is 3.11. The molecule has 1 aromatic heterocycles. The zero-order valence-corrected chi connectivity index (χ0v) is 15.4. The summed E-state index contributed by atoms with van der Waals surface area (Å²) >= 11 is 1.00. The number of aromatic nitrogens is 1. The van der Waals surface area contributed by atoms with E-state index in [9.17, 15) is 9.90 Å². The van der Waals surface area contributed by atoms with Crippen molar-refractivity contribution in [2.75, 3.05) is 0 Å². The molecule has 0 bridgehead atoms. The summed E-state index contributed by atoms with van der Waals surface area (Å²) < 4.78 is 1.35. The molecule has 27 heavy (non-hydrogen) atoms. The lowest BCUT2D eigenvalue weighted by molar-refractivity contribution is 0.439.